The molecule has 0 radical (unpaired) electrons. The van der Waals surface area contributed by atoms with Crippen LogP contribution in [0.15, 0.2) is 24.3 Å². The van der Waals surface area contributed by atoms with E-state index >= 15 is 0 Å². The number of hydrogen-bond donors (Lipinski definition) is 1. The van der Waals surface area contributed by atoms with Crippen LogP contribution < -0.4 is 10.2 Å². The van der Waals surface area contributed by atoms with Gasteiger partial charge in [-0.05, 0) is 57.3 Å². The molecule has 1 fully saturated rings. The third kappa shape index (κ3) is 2.06. The number of rotatable bonds is 2. The minimum Gasteiger partial charge on any atom is -0.316 e. The van der Waals surface area contributed by atoms with E-state index in [0.717, 1.165) is 25.3 Å². The summed E-state index contributed by atoms with van der Waals surface area (Å²) in [4.78, 5) is 14.7. The number of benzene rings is 1. The lowest BCUT2D eigenvalue weighted by molar-refractivity contribution is -0.122. The molecular weight excluding hydrogens is 236 g/mol. The van der Waals surface area contributed by atoms with E-state index in [4.69, 9.17) is 0 Å². The van der Waals surface area contributed by atoms with Crippen molar-refractivity contribution in [1.82, 2.24) is 5.32 Å². The van der Waals surface area contributed by atoms with E-state index in [2.05, 4.69) is 17.4 Å². The van der Waals surface area contributed by atoms with Crippen molar-refractivity contribution in [2.75, 3.05) is 24.5 Å². The monoisotopic (exact) mass is 258 g/mol. The summed E-state index contributed by atoms with van der Waals surface area (Å²) >= 11 is 0. The van der Waals surface area contributed by atoms with Gasteiger partial charge in [-0.3, -0.25) is 4.79 Å². The largest absolute Gasteiger partial charge is 0.316 e. The van der Waals surface area contributed by atoms with E-state index in [-0.39, 0.29) is 11.3 Å². The smallest absolute Gasteiger partial charge is 0.237 e. The second-order valence-electron chi connectivity index (χ2n) is 6.27. The van der Waals surface area contributed by atoms with Crippen molar-refractivity contribution in [3.8, 4) is 0 Å². The molecule has 0 aromatic heterocycles. The second kappa shape index (κ2) is 4.64. The van der Waals surface area contributed by atoms with Gasteiger partial charge < -0.3 is 10.2 Å². The van der Waals surface area contributed by atoms with Gasteiger partial charge in [0.25, 0.3) is 0 Å². The zero-order valence-electron chi connectivity index (χ0n) is 11.8. The van der Waals surface area contributed by atoms with Crippen LogP contribution in [-0.2, 0) is 10.2 Å². The molecule has 2 aliphatic heterocycles. The Balaban J connectivity index is 1.87. The molecule has 3 heteroatoms. The molecule has 0 bridgehead atoms. The first-order valence-electron chi connectivity index (χ1n) is 7.23. The van der Waals surface area contributed by atoms with Crippen LogP contribution in [0.2, 0.25) is 0 Å². The summed E-state index contributed by atoms with van der Waals surface area (Å²) in [5, 5.41) is 3.43. The summed E-state index contributed by atoms with van der Waals surface area (Å²) in [5.41, 5.74) is 1.91. The normalized spacial score (nSPS) is 25.5. The van der Waals surface area contributed by atoms with E-state index in [9.17, 15) is 4.79 Å². The van der Waals surface area contributed by atoms with E-state index in [1.54, 1.807) is 0 Å². The van der Waals surface area contributed by atoms with Crippen LogP contribution in [0.1, 0.15) is 32.3 Å². The lowest BCUT2D eigenvalue weighted by Crippen LogP contribution is -2.42. The molecule has 3 nitrogen and oxygen atoms in total. The molecule has 0 spiro atoms. The van der Waals surface area contributed by atoms with Gasteiger partial charge in [-0.2, -0.15) is 0 Å². The summed E-state index contributed by atoms with van der Waals surface area (Å²) in [7, 11) is 0. The maximum absolute atomic E-state index is 12.7. The molecule has 2 heterocycles. The first-order chi connectivity index (χ1) is 9.10. The summed E-state index contributed by atoms with van der Waals surface area (Å²) in [6.45, 7) is 7.08. The molecule has 19 heavy (non-hydrogen) atoms. The van der Waals surface area contributed by atoms with Gasteiger partial charge in [0.15, 0.2) is 0 Å². The third-order valence-electron chi connectivity index (χ3n) is 4.49. The number of piperidine rings is 1. The predicted molar refractivity (Wildman–Crippen MR) is 77.4 cm³/mol. The van der Waals surface area contributed by atoms with Gasteiger partial charge in [0.05, 0.1) is 5.41 Å². The third-order valence-corrected chi connectivity index (χ3v) is 4.49. The first kappa shape index (κ1) is 12.7. The number of carbonyl (C=O) groups is 1. The van der Waals surface area contributed by atoms with Crippen LogP contribution in [0.5, 0.6) is 0 Å². The van der Waals surface area contributed by atoms with Gasteiger partial charge in [0.1, 0.15) is 0 Å². The molecule has 1 aromatic rings. The summed E-state index contributed by atoms with van der Waals surface area (Å²) < 4.78 is 0. The predicted octanol–water partition coefficient (Wildman–Crippen LogP) is 2.31. The number of para-hydroxylation sites is 1. The molecule has 102 valence electrons. The lowest BCUT2D eigenvalue weighted by Gasteiger charge is -2.28. The van der Waals surface area contributed by atoms with Gasteiger partial charge >= 0.3 is 0 Å². The van der Waals surface area contributed by atoms with Crippen LogP contribution in [0.25, 0.3) is 0 Å². The summed E-state index contributed by atoms with van der Waals surface area (Å²) in [6, 6.07) is 8.23. The number of amides is 1. The lowest BCUT2D eigenvalue weighted by atomic mass is 9.86. The minimum atomic E-state index is -0.376. The van der Waals surface area contributed by atoms with Crippen molar-refractivity contribution < 1.29 is 4.79 Å². The van der Waals surface area contributed by atoms with Gasteiger partial charge in [-0.1, -0.05) is 18.2 Å². The summed E-state index contributed by atoms with van der Waals surface area (Å²) in [6.07, 6.45) is 2.44. The molecule has 1 atom stereocenters. The Labute approximate surface area is 115 Å². The van der Waals surface area contributed by atoms with E-state index in [1.807, 2.05) is 30.9 Å². The molecular formula is C16H22N2O. The van der Waals surface area contributed by atoms with E-state index in [0.29, 0.717) is 5.92 Å². The van der Waals surface area contributed by atoms with Crippen molar-refractivity contribution in [1.29, 1.82) is 0 Å². The van der Waals surface area contributed by atoms with Crippen LogP contribution >= 0.6 is 0 Å². The number of fused-ring (bicyclic) bond motifs is 1. The summed E-state index contributed by atoms with van der Waals surface area (Å²) in [5.74, 6) is 0.832. The number of nitrogens with zero attached hydrogens (tertiary/aromatic N) is 1. The molecule has 1 unspecified atom stereocenters. The molecule has 1 aromatic carbocycles. The highest BCUT2D eigenvalue weighted by atomic mass is 16.2. The van der Waals surface area contributed by atoms with Crippen LogP contribution in [0.4, 0.5) is 5.69 Å². The molecule has 1 amide bonds. The Bertz CT molecular complexity index is 489. The number of nitrogens with one attached hydrogen (secondary N) is 1. The second-order valence-corrected chi connectivity index (χ2v) is 6.27. The van der Waals surface area contributed by atoms with E-state index < -0.39 is 0 Å². The Morgan fingerprint density at radius 2 is 2.16 bits per heavy atom. The maximum atomic E-state index is 12.7. The zero-order valence-corrected chi connectivity index (χ0v) is 11.8. The van der Waals surface area contributed by atoms with Crippen LogP contribution in [-0.4, -0.2) is 25.5 Å². The average Bonchev–Trinajstić information content (AvgIpc) is 2.62. The van der Waals surface area contributed by atoms with Crippen LogP contribution in [0, 0.1) is 5.92 Å². The minimum absolute atomic E-state index is 0.249. The molecule has 0 saturated carbocycles. The highest BCUT2D eigenvalue weighted by molar-refractivity contribution is 6.07. The van der Waals surface area contributed by atoms with Crippen molar-refractivity contribution >= 4 is 11.6 Å². The standard InChI is InChI=1S/C16H22N2O/c1-16(2)13-7-3-4-8-14(13)18(15(16)19)11-12-6-5-9-17-10-12/h3-4,7-8,12,17H,5-6,9-11H2,1-2H3. The molecule has 1 saturated heterocycles. The maximum Gasteiger partial charge on any atom is 0.237 e. The van der Waals surface area contributed by atoms with Gasteiger partial charge in [0.2, 0.25) is 5.91 Å². The highest BCUT2D eigenvalue weighted by Gasteiger charge is 2.43. The topological polar surface area (TPSA) is 32.3 Å². The van der Waals surface area contributed by atoms with Gasteiger partial charge in [-0.25, -0.2) is 0 Å². The van der Waals surface area contributed by atoms with Gasteiger partial charge in [0, 0.05) is 12.2 Å². The quantitative estimate of drug-likeness (QED) is 0.883. The molecule has 3 rings (SSSR count). The molecule has 2 aliphatic rings. The Hall–Kier alpha value is -1.35. The Morgan fingerprint density at radius 1 is 1.37 bits per heavy atom. The fraction of sp³-hybridized carbons (Fsp3) is 0.562. The SMILES string of the molecule is CC1(C)C(=O)N(CC2CCCNC2)c2ccccc21. The van der Waals surface area contributed by atoms with Crippen molar-refractivity contribution in [2.45, 2.75) is 32.1 Å². The van der Waals surface area contributed by atoms with Crippen molar-refractivity contribution in [3.63, 3.8) is 0 Å². The number of carbonyl (C=O) groups excluding carboxylic acids is 1. The number of hydrogen-bond acceptors (Lipinski definition) is 2. The fourth-order valence-corrected chi connectivity index (χ4v) is 3.32. The Morgan fingerprint density at radius 3 is 2.89 bits per heavy atom. The molecule has 1 N–H and O–H groups in total. The average molecular weight is 258 g/mol. The first-order valence-corrected chi connectivity index (χ1v) is 7.23. The van der Waals surface area contributed by atoms with E-state index in [1.165, 1.54) is 18.4 Å². The van der Waals surface area contributed by atoms with Crippen LogP contribution in [0.3, 0.4) is 0 Å². The number of anilines is 1. The van der Waals surface area contributed by atoms with Crippen molar-refractivity contribution in [2.24, 2.45) is 5.92 Å². The van der Waals surface area contributed by atoms with Gasteiger partial charge in [-0.15, -0.1) is 0 Å². The Kier molecular flexibility index (Phi) is 3.09. The van der Waals surface area contributed by atoms with Crippen molar-refractivity contribution in [3.05, 3.63) is 29.8 Å². The highest BCUT2D eigenvalue weighted by Crippen LogP contribution is 2.41. The fourth-order valence-electron chi connectivity index (χ4n) is 3.32. The zero-order chi connectivity index (χ0) is 13.5. The molecule has 0 aliphatic carbocycles.